The van der Waals surface area contributed by atoms with E-state index in [0.29, 0.717) is 0 Å². The van der Waals surface area contributed by atoms with E-state index < -0.39 is 5.60 Å². The largest absolute Gasteiger partial charge is 0.389 e. The first-order valence-electron chi connectivity index (χ1n) is 4.06. The Kier molecular flexibility index (Phi) is 1.92. The average molecular weight is 274 g/mol. The topological polar surface area (TPSA) is 20.2 Å². The van der Waals surface area contributed by atoms with Crippen molar-refractivity contribution in [2.45, 2.75) is 25.4 Å². The van der Waals surface area contributed by atoms with E-state index in [1.165, 1.54) is 14.7 Å². The summed E-state index contributed by atoms with van der Waals surface area (Å²) in [6, 6.07) is 6.39. The lowest BCUT2D eigenvalue weighted by atomic mass is 10.0. The lowest BCUT2D eigenvalue weighted by Crippen LogP contribution is -2.23. The zero-order valence-electron chi connectivity index (χ0n) is 6.97. The third kappa shape index (κ3) is 1.50. The second-order valence-corrected chi connectivity index (χ2v) is 5.01. The summed E-state index contributed by atoms with van der Waals surface area (Å²) in [4.78, 5) is 0. The quantitative estimate of drug-likeness (QED) is 0.719. The van der Waals surface area contributed by atoms with Crippen LogP contribution in [0.1, 0.15) is 18.1 Å². The summed E-state index contributed by atoms with van der Waals surface area (Å²) in [5.74, 6) is 0. The second kappa shape index (κ2) is 2.70. The first-order valence-corrected chi connectivity index (χ1v) is 5.14. The van der Waals surface area contributed by atoms with Crippen LogP contribution in [0.25, 0.3) is 0 Å². The molecule has 2 heteroatoms. The predicted octanol–water partition coefficient (Wildman–Crippen LogP) is 2.14. The molecule has 12 heavy (non-hydrogen) atoms. The molecule has 0 aliphatic heterocycles. The van der Waals surface area contributed by atoms with Gasteiger partial charge in [-0.3, -0.25) is 0 Å². The Morgan fingerprint density at radius 1 is 1.33 bits per heavy atom. The highest BCUT2D eigenvalue weighted by Crippen LogP contribution is 2.30. The first-order chi connectivity index (χ1) is 5.57. The van der Waals surface area contributed by atoms with Gasteiger partial charge < -0.3 is 5.11 Å². The van der Waals surface area contributed by atoms with E-state index in [2.05, 4.69) is 40.8 Å². The van der Waals surface area contributed by atoms with Crippen molar-refractivity contribution in [3.05, 3.63) is 32.9 Å². The lowest BCUT2D eigenvalue weighted by molar-refractivity contribution is 0.0719. The monoisotopic (exact) mass is 274 g/mol. The standard InChI is InChI=1S/C10H11IO/c1-10(12)5-7-2-3-9(11)4-8(7)6-10/h2-4,12H,5-6H2,1H3. The van der Waals surface area contributed by atoms with Crippen molar-refractivity contribution < 1.29 is 5.11 Å². The van der Waals surface area contributed by atoms with Crippen LogP contribution >= 0.6 is 22.6 Å². The molecule has 0 spiro atoms. The highest BCUT2D eigenvalue weighted by atomic mass is 127. The lowest BCUT2D eigenvalue weighted by Gasteiger charge is -2.13. The van der Waals surface area contributed by atoms with Crippen molar-refractivity contribution in [2.24, 2.45) is 0 Å². The van der Waals surface area contributed by atoms with Crippen LogP contribution in [0, 0.1) is 3.57 Å². The summed E-state index contributed by atoms with van der Waals surface area (Å²) >= 11 is 2.30. The van der Waals surface area contributed by atoms with E-state index in [9.17, 15) is 5.11 Å². The van der Waals surface area contributed by atoms with E-state index in [4.69, 9.17) is 0 Å². The number of aliphatic hydroxyl groups is 1. The summed E-state index contributed by atoms with van der Waals surface area (Å²) < 4.78 is 1.25. The summed E-state index contributed by atoms with van der Waals surface area (Å²) in [6.07, 6.45) is 1.61. The Labute approximate surface area is 85.9 Å². The third-order valence-electron chi connectivity index (χ3n) is 2.31. The molecule has 0 aromatic heterocycles. The molecule has 1 aliphatic carbocycles. The Hall–Kier alpha value is -0.0900. The molecule has 0 bridgehead atoms. The number of rotatable bonds is 0. The predicted molar refractivity (Wildman–Crippen MR) is 57.2 cm³/mol. The van der Waals surface area contributed by atoms with Gasteiger partial charge in [0.15, 0.2) is 0 Å². The van der Waals surface area contributed by atoms with Gasteiger partial charge in [0.1, 0.15) is 0 Å². The van der Waals surface area contributed by atoms with Crippen molar-refractivity contribution in [2.75, 3.05) is 0 Å². The molecule has 2 rings (SSSR count). The Bertz CT molecular complexity index is 318. The number of hydrogen-bond acceptors (Lipinski definition) is 1. The van der Waals surface area contributed by atoms with Crippen LogP contribution in [0.15, 0.2) is 18.2 Å². The maximum absolute atomic E-state index is 9.80. The Balaban J connectivity index is 2.43. The fourth-order valence-corrected chi connectivity index (χ4v) is 2.37. The second-order valence-electron chi connectivity index (χ2n) is 3.76. The normalized spacial score (nSPS) is 27.2. The molecule has 0 amide bonds. The van der Waals surface area contributed by atoms with E-state index in [-0.39, 0.29) is 0 Å². The molecule has 64 valence electrons. The highest BCUT2D eigenvalue weighted by Gasteiger charge is 2.29. The van der Waals surface area contributed by atoms with Gasteiger partial charge in [-0.25, -0.2) is 0 Å². The minimum absolute atomic E-state index is 0.507. The molecule has 1 N–H and O–H groups in total. The van der Waals surface area contributed by atoms with Gasteiger partial charge in [-0.15, -0.1) is 0 Å². The molecular weight excluding hydrogens is 263 g/mol. The summed E-state index contributed by atoms with van der Waals surface area (Å²) in [5.41, 5.74) is 2.11. The first kappa shape index (κ1) is 8.51. The van der Waals surface area contributed by atoms with Crippen LogP contribution in [0.2, 0.25) is 0 Å². The van der Waals surface area contributed by atoms with Gasteiger partial charge in [0.05, 0.1) is 5.60 Å². The molecule has 1 atom stereocenters. The van der Waals surface area contributed by atoms with Crippen LogP contribution < -0.4 is 0 Å². The minimum atomic E-state index is -0.507. The fourth-order valence-electron chi connectivity index (χ4n) is 1.81. The van der Waals surface area contributed by atoms with Crippen LogP contribution in [0.3, 0.4) is 0 Å². The van der Waals surface area contributed by atoms with Gasteiger partial charge in [0.25, 0.3) is 0 Å². The van der Waals surface area contributed by atoms with Crippen LogP contribution in [0.4, 0.5) is 0 Å². The van der Waals surface area contributed by atoms with Crippen molar-refractivity contribution in [1.29, 1.82) is 0 Å². The summed E-state index contributed by atoms with van der Waals surface area (Å²) in [5, 5.41) is 9.80. The van der Waals surface area contributed by atoms with E-state index in [1.54, 1.807) is 0 Å². The highest BCUT2D eigenvalue weighted by molar-refractivity contribution is 14.1. The van der Waals surface area contributed by atoms with Gasteiger partial charge in [-0.05, 0) is 52.8 Å². The molecule has 1 aliphatic rings. The van der Waals surface area contributed by atoms with Crippen LogP contribution in [0.5, 0.6) is 0 Å². The third-order valence-corrected chi connectivity index (χ3v) is 2.98. The summed E-state index contributed by atoms with van der Waals surface area (Å²) in [6.45, 7) is 1.90. The van der Waals surface area contributed by atoms with Crippen LogP contribution in [-0.2, 0) is 12.8 Å². The van der Waals surface area contributed by atoms with Gasteiger partial charge in [-0.1, -0.05) is 6.07 Å². The van der Waals surface area contributed by atoms with E-state index in [1.807, 2.05) is 6.92 Å². The fraction of sp³-hybridized carbons (Fsp3) is 0.400. The Morgan fingerprint density at radius 2 is 2.00 bits per heavy atom. The average Bonchev–Trinajstić information content (AvgIpc) is 2.21. The van der Waals surface area contributed by atoms with Gasteiger partial charge in [0, 0.05) is 16.4 Å². The van der Waals surface area contributed by atoms with Crippen LogP contribution in [-0.4, -0.2) is 10.7 Å². The van der Waals surface area contributed by atoms with E-state index >= 15 is 0 Å². The number of fused-ring (bicyclic) bond motifs is 1. The maximum Gasteiger partial charge on any atom is 0.0700 e. The maximum atomic E-state index is 9.80. The smallest absolute Gasteiger partial charge is 0.0700 e. The van der Waals surface area contributed by atoms with Crippen molar-refractivity contribution >= 4 is 22.6 Å². The molecule has 0 saturated heterocycles. The molecule has 0 radical (unpaired) electrons. The zero-order chi connectivity index (χ0) is 8.77. The number of hydrogen-bond donors (Lipinski definition) is 1. The molecule has 1 aromatic carbocycles. The molecule has 0 fully saturated rings. The van der Waals surface area contributed by atoms with Gasteiger partial charge >= 0.3 is 0 Å². The minimum Gasteiger partial charge on any atom is -0.389 e. The molecule has 0 heterocycles. The van der Waals surface area contributed by atoms with E-state index in [0.717, 1.165) is 12.8 Å². The molecule has 1 nitrogen and oxygen atoms in total. The molecule has 1 aromatic rings. The van der Waals surface area contributed by atoms with Crippen molar-refractivity contribution in [3.8, 4) is 0 Å². The number of halogens is 1. The Morgan fingerprint density at radius 3 is 2.75 bits per heavy atom. The zero-order valence-corrected chi connectivity index (χ0v) is 9.13. The van der Waals surface area contributed by atoms with Crippen molar-refractivity contribution in [3.63, 3.8) is 0 Å². The molecule has 0 saturated carbocycles. The number of benzene rings is 1. The van der Waals surface area contributed by atoms with Gasteiger partial charge in [-0.2, -0.15) is 0 Å². The SMILES string of the molecule is CC1(O)Cc2ccc(I)cc2C1. The molecule has 1 unspecified atom stereocenters. The van der Waals surface area contributed by atoms with Crippen molar-refractivity contribution in [1.82, 2.24) is 0 Å². The summed E-state index contributed by atoms with van der Waals surface area (Å²) in [7, 11) is 0. The van der Waals surface area contributed by atoms with Gasteiger partial charge in [0.2, 0.25) is 0 Å². The molecular formula is C10H11IO.